The van der Waals surface area contributed by atoms with Gasteiger partial charge in [0.1, 0.15) is 18.5 Å². The van der Waals surface area contributed by atoms with E-state index in [1.54, 1.807) is 0 Å². The first-order valence-electron chi connectivity index (χ1n) is 10.8. The molecule has 1 aromatic carbocycles. The first-order chi connectivity index (χ1) is 13.7. The summed E-state index contributed by atoms with van der Waals surface area (Å²) in [5, 5.41) is 10.5. The van der Waals surface area contributed by atoms with Crippen LogP contribution in [0.2, 0.25) is 0 Å². The summed E-state index contributed by atoms with van der Waals surface area (Å²) in [5.74, 6) is 1.78. The van der Waals surface area contributed by atoms with Gasteiger partial charge in [0, 0.05) is 33.1 Å². The monoisotopic (exact) mass is 383 g/mol. The highest BCUT2D eigenvalue weighted by atomic mass is 16.5. The van der Waals surface area contributed by atoms with E-state index >= 15 is 0 Å². The Morgan fingerprint density at radius 2 is 2.14 bits per heavy atom. The molecule has 1 aliphatic heterocycles. The lowest BCUT2D eigenvalue weighted by Gasteiger charge is -2.28. The Balaban J connectivity index is 1.23. The summed E-state index contributed by atoms with van der Waals surface area (Å²) >= 11 is 0. The molecule has 0 saturated heterocycles. The minimum absolute atomic E-state index is 0.334. The van der Waals surface area contributed by atoms with Gasteiger partial charge < -0.3 is 14.4 Å². The highest BCUT2D eigenvalue weighted by Gasteiger charge is 2.22. The van der Waals surface area contributed by atoms with Crippen LogP contribution in [0.3, 0.4) is 0 Å². The number of imidazole rings is 1. The van der Waals surface area contributed by atoms with Gasteiger partial charge in [0.25, 0.3) is 0 Å². The Morgan fingerprint density at radius 3 is 3.00 bits per heavy atom. The summed E-state index contributed by atoms with van der Waals surface area (Å²) in [7, 11) is 2.04. The van der Waals surface area contributed by atoms with Gasteiger partial charge in [-0.2, -0.15) is 0 Å². The van der Waals surface area contributed by atoms with Crippen LogP contribution in [0.5, 0.6) is 5.75 Å². The number of rotatable bonds is 8. The Kier molecular flexibility index (Phi) is 6.33. The van der Waals surface area contributed by atoms with Crippen LogP contribution in [-0.2, 0) is 26.4 Å². The van der Waals surface area contributed by atoms with Crippen molar-refractivity contribution in [2.75, 3.05) is 19.7 Å². The molecule has 1 atom stereocenters. The van der Waals surface area contributed by atoms with Crippen molar-refractivity contribution in [3.05, 3.63) is 47.5 Å². The van der Waals surface area contributed by atoms with Gasteiger partial charge in [0.2, 0.25) is 0 Å². The van der Waals surface area contributed by atoms with Crippen molar-refractivity contribution in [2.45, 2.75) is 57.6 Å². The Morgan fingerprint density at radius 1 is 1.29 bits per heavy atom. The number of aliphatic hydroxyl groups excluding tert-OH is 1. The molecule has 2 aliphatic rings. The quantitative estimate of drug-likeness (QED) is 0.760. The van der Waals surface area contributed by atoms with Crippen LogP contribution in [0, 0.1) is 5.92 Å². The molecule has 0 spiro atoms. The Hall–Kier alpha value is -1.85. The maximum Gasteiger partial charge on any atom is 0.119 e. The predicted octanol–water partition coefficient (Wildman–Crippen LogP) is 3.34. The van der Waals surface area contributed by atoms with Crippen LogP contribution in [0.25, 0.3) is 0 Å². The van der Waals surface area contributed by atoms with Crippen LogP contribution < -0.4 is 4.74 Å². The molecule has 0 bridgehead atoms. The van der Waals surface area contributed by atoms with Gasteiger partial charge in [-0.3, -0.25) is 4.90 Å². The van der Waals surface area contributed by atoms with Crippen molar-refractivity contribution in [2.24, 2.45) is 13.0 Å². The minimum Gasteiger partial charge on any atom is -0.491 e. The number of aromatic nitrogens is 2. The van der Waals surface area contributed by atoms with Gasteiger partial charge in [-0.15, -0.1) is 0 Å². The molecule has 0 unspecified atom stereocenters. The van der Waals surface area contributed by atoms with Crippen molar-refractivity contribution in [1.29, 1.82) is 0 Å². The number of hydrogen-bond acceptors (Lipinski definition) is 4. The van der Waals surface area contributed by atoms with E-state index in [1.165, 1.54) is 49.1 Å². The van der Waals surface area contributed by atoms with E-state index in [2.05, 4.69) is 32.7 Å². The molecule has 0 amide bonds. The van der Waals surface area contributed by atoms with E-state index in [-0.39, 0.29) is 0 Å². The molecule has 1 N–H and O–H groups in total. The number of hydrogen-bond donors (Lipinski definition) is 1. The summed E-state index contributed by atoms with van der Waals surface area (Å²) in [6, 6.07) is 8.40. The number of nitrogens with zero attached hydrogens (tertiary/aromatic N) is 3. The van der Waals surface area contributed by atoms with E-state index in [4.69, 9.17) is 4.74 Å². The van der Waals surface area contributed by atoms with Gasteiger partial charge in [0.05, 0.1) is 17.7 Å². The van der Waals surface area contributed by atoms with Gasteiger partial charge in [-0.05, 0) is 36.5 Å². The SMILES string of the molecule is Cn1cnc2c1CN(C[C@H](O)COc1cccc(CCC3CCCC3)c1)CC2. The average Bonchev–Trinajstić information content (AvgIpc) is 3.35. The molecule has 152 valence electrons. The van der Waals surface area contributed by atoms with Gasteiger partial charge in [-0.25, -0.2) is 4.98 Å². The standard InChI is InChI=1S/C23H33N3O2/c1-25-17-24-22-11-12-26(15-23(22)25)14-20(27)16-28-21-8-4-7-19(13-21)10-9-18-5-2-3-6-18/h4,7-8,13,17-18,20,27H,2-3,5-6,9-12,14-16H2,1H3/t20-/m0/s1. The molecular weight excluding hydrogens is 350 g/mol. The number of ether oxygens (including phenoxy) is 1. The van der Waals surface area contributed by atoms with E-state index in [0.717, 1.165) is 37.6 Å². The van der Waals surface area contributed by atoms with Crippen molar-refractivity contribution < 1.29 is 9.84 Å². The maximum atomic E-state index is 10.5. The molecule has 1 fully saturated rings. The number of fused-ring (bicyclic) bond motifs is 1. The fourth-order valence-electron chi connectivity index (χ4n) is 4.63. The number of aliphatic hydroxyl groups is 1. The van der Waals surface area contributed by atoms with Crippen LogP contribution in [0.4, 0.5) is 0 Å². The zero-order chi connectivity index (χ0) is 19.3. The summed E-state index contributed by atoms with van der Waals surface area (Å²) < 4.78 is 7.99. The van der Waals surface area contributed by atoms with Crippen LogP contribution in [0.15, 0.2) is 30.6 Å². The van der Waals surface area contributed by atoms with Crippen molar-refractivity contribution in [3.8, 4) is 5.75 Å². The summed E-state index contributed by atoms with van der Waals surface area (Å²) in [6.07, 6.45) is 10.4. The number of β-amino-alcohol motifs (C(OH)–C–C–N with tert-alkyl or cyclic N) is 1. The topological polar surface area (TPSA) is 50.5 Å². The maximum absolute atomic E-state index is 10.5. The normalized spacial score (nSPS) is 18.9. The highest BCUT2D eigenvalue weighted by molar-refractivity contribution is 5.28. The first kappa shape index (κ1) is 19.5. The van der Waals surface area contributed by atoms with Crippen LogP contribution in [0.1, 0.15) is 49.1 Å². The number of benzene rings is 1. The lowest BCUT2D eigenvalue weighted by Crippen LogP contribution is -2.39. The average molecular weight is 384 g/mol. The van der Waals surface area contributed by atoms with Gasteiger partial charge in [-0.1, -0.05) is 37.8 Å². The third-order valence-electron chi connectivity index (χ3n) is 6.31. The molecule has 1 saturated carbocycles. The predicted molar refractivity (Wildman–Crippen MR) is 110 cm³/mol. The lowest BCUT2D eigenvalue weighted by molar-refractivity contribution is 0.0628. The minimum atomic E-state index is -0.489. The smallest absolute Gasteiger partial charge is 0.119 e. The molecule has 5 nitrogen and oxygen atoms in total. The fraction of sp³-hybridized carbons (Fsp3) is 0.609. The number of aryl methyl sites for hydroxylation is 2. The molecular formula is C23H33N3O2. The second-order valence-corrected chi connectivity index (χ2v) is 8.54. The van der Waals surface area contributed by atoms with Crippen LogP contribution >= 0.6 is 0 Å². The highest BCUT2D eigenvalue weighted by Crippen LogP contribution is 2.29. The summed E-state index contributed by atoms with van der Waals surface area (Å²) in [6.45, 7) is 2.75. The van der Waals surface area contributed by atoms with Crippen molar-refractivity contribution >= 4 is 0 Å². The molecule has 0 radical (unpaired) electrons. The van der Waals surface area contributed by atoms with Crippen molar-refractivity contribution in [3.63, 3.8) is 0 Å². The van der Waals surface area contributed by atoms with E-state index in [0.29, 0.717) is 13.2 Å². The molecule has 2 heterocycles. The molecule has 5 heteroatoms. The molecule has 1 aromatic heterocycles. The second kappa shape index (κ2) is 9.10. The molecule has 28 heavy (non-hydrogen) atoms. The first-order valence-corrected chi connectivity index (χ1v) is 10.8. The van der Waals surface area contributed by atoms with E-state index < -0.39 is 6.10 Å². The second-order valence-electron chi connectivity index (χ2n) is 8.54. The molecule has 2 aromatic rings. The van der Waals surface area contributed by atoms with E-state index in [1.807, 2.05) is 19.4 Å². The lowest BCUT2D eigenvalue weighted by atomic mass is 9.98. The third kappa shape index (κ3) is 4.95. The van der Waals surface area contributed by atoms with E-state index in [9.17, 15) is 5.11 Å². The fourth-order valence-corrected chi connectivity index (χ4v) is 4.63. The zero-order valence-electron chi connectivity index (χ0n) is 17.0. The molecule has 4 rings (SSSR count). The summed E-state index contributed by atoms with van der Waals surface area (Å²) in [4.78, 5) is 6.73. The van der Waals surface area contributed by atoms with Crippen molar-refractivity contribution in [1.82, 2.24) is 14.5 Å². The van der Waals surface area contributed by atoms with Crippen LogP contribution in [-0.4, -0.2) is 45.4 Å². The Bertz CT molecular complexity index is 767. The third-order valence-corrected chi connectivity index (χ3v) is 6.31. The van der Waals surface area contributed by atoms with Gasteiger partial charge in [0.15, 0.2) is 0 Å². The largest absolute Gasteiger partial charge is 0.491 e. The van der Waals surface area contributed by atoms with Gasteiger partial charge >= 0.3 is 0 Å². The molecule has 1 aliphatic carbocycles. The Labute approximate surface area is 168 Å². The summed E-state index contributed by atoms with van der Waals surface area (Å²) in [5.41, 5.74) is 3.80. The zero-order valence-corrected chi connectivity index (χ0v) is 17.0.